The summed E-state index contributed by atoms with van der Waals surface area (Å²) in [6.07, 6.45) is -0.191. The molecule has 2 aliphatic rings. The summed E-state index contributed by atoms with van der Waals surface area (Å²) < 4.78 is 11.4. The van der Waals surface area contributed by atoms with Crippen LogP contribution in [0.4, 0.5) is 4.79 Å². The topological polar surface area (TPSA) is 123 Å². The molecule has 2 amide bonds. The van der Waals surface area contributed by atoms with Gasteiger partial charge in [-0.15, -0.1) is 11.8 Å². The van der Waals surface area contributed by atoms with Crippen LogP contribution >= 0.6 is 11.8 Å². The summed E-state index contributed by atoms with van der Waals surface area (Å²) in [6.45, 7) is 4.00. The molecule has 0 bridgehead atoms. The molecule has 34 heavy (non-hydrogen) atoms. The lowest BCUT2D eigenvalue weighted by molar-refractivity contribution is 0.0197. The van der Waals surface area contributed by atoms with E-state index in [1.807, 2.05) is 38.1 Å². The molecule has 3 atom stereocenters. The summed E-state index contributed by atoms with van der Waals surface area (Å²) in [6, 6.07) is 13.8. The van der Waals surface area contributed by atoms with E-state index in [1.54, 1.807) is 24.3 Å². The minimum Gasteiger partial charge on any atom is -0.461 e. The van der Waals surface area contributed by atoms with Crippen molar-refractivity contribution in [3.63, 3.8) is 0 Å². The Kier molecular flexibility index (Phi) is 7.06. The number of rotatable bonds is 6. The fraction of sp³-hybridized carbons (Fsp3) is 0.333. The van der Waals surface area contributed by atoms with Gasteiger partial charge in [0, 0.05) is 6.42 Å². The number of carbonyl (C=O) groups excluding carboxylic acids is 3. The molecule has 2 heterocycles. The van der Waals surface area contributed by atoms with Gasteiger partial charge in [0.05, 0.1) is 21.8 Å². The van der Waals surface area contributed by atoms with E-state index >= 15 is 0 Å². The summed E-state index contributed by atoms with van der Waals surface area (Å²) >= 11 is 1.41. The number of thioether (sulfide) groups is 1. The van der Waals surface area contributed by atoms with Crippen molar-refractivity contribution in [2.45, 2.75) is 37.0 Å². The van der Waals surface area contributed by atoms with Crippen molar-refractivity contribution in [3.8, 4) is 0 Å². The maximum Gasteiger partial charge on any atom is 0.338 e. The second-order valence-electron chi connectivity index (χ2n) is 8.22. The van der Waals surface area contributed by atoms with Crippen LogP contribution in [0.25, 0.3) is 0 Å². The van der Waals surface area contributed by atoms with Crippen LogP contribution in [0.15, 0.2) is 53.5 Å². The number of carbonyl (C=O) groups is 3. The monoisotopic (exact) mass is 482 g/mol. The average molecular weight is 483 g/mol. The molecule has 0 unspecified atom stereocenters. The Hall–Kier alpha value is -3.53. The lowest BCUT2D eigenvalue weighted by Gasteiger charge is -2.29. The standard InChI is InChI=1S/C24H26N4O5S/c1-14-3-7-16(8-4-14)21(29)32-12-19-18(33-22(30)17-9-5-15(2)6-10-17)11-20(34-19)28-13-26-23(25)27-24(28)31/h3-10,18-20H,11-13H2,1-2H3,(H3,25,26,27,31)/t18-,19+,20+/m0/s1. The molecule has 0 spiro atoms. The first-order valence-electron chi connectivity index (χ1n) is 10.8. The van der Waals surface area contributed by atoms with E-state index in [9.17, 15) is 14.4 Å². The molecule has 0 aromatic heterocycles. The predicted octanol–water partition coefficient (Wildman–Crippen LogP) is 2.81. The zero-order chi connectivity index (χ0) is 24.2. The van der Waals surface area contributed by atoms with E-state index in [-0.39, 0.29) is 35.9 Å². The van der Waals surface area contributed by atoms with Crippen molar-refractivity contribution in [2.75, 3.05) is 13.3 Å². The third kappa shape index (κ3) is 5.51. The number of urea groups is 1. The number of aliphatic imine (C=N–C) groups is 1. The molecule has 0 aliphatic carbocycles. The van der Waals surface area contributed by atoms with Crippen LogP contribution in [-0.2, 0) is 9.47 Å². The van der Waals surface area contributed by atoms with Gasteiger partial charge in [0.2, 0.25) is 0 Å². The van der Waals surface area contributed by atoms with Crippen LogP contribution in [-0.4, -0.2) is 58.8 Å². The van der Waals surface area contributed by atoms with Gasteiger partial charge in [-0.3, -0.25) is 10.2 Å². The van der Waals surface area contributed by atoms with Gasteiger partial charge in [-0.25, -0.2) is 19.4 Å². The van der Waals surface area contributed by atoms with Gasteiger partial charge in [-0.1, -0.05) is 35.4 Å². The molecule has 0 saturated carbocycles. The first-order chi connectivity index (χ1) is 16.3. The first-order valence-corrected chi connectivity index (χ1v) is 11.8. The van der Waals surface area contributed by atoms with Crippen LogP contribution < -0.4 is 11.1 Å². The Morgan fingerprint density at radius 2 is 1.65 bits per heavy atom. The first kappa shape index (κ1) is 23.6. The van der Waals surface area contributed by atoms with Crippen molar-refractivity contribution in [1.82, 2.24) is 10.2 Å². The number of guanidine groups is 1. The lowest BCUT2D eigenvalue weighted by Crippen LogP contribution is -2.53. The average Bonchev–Trinajstić information content (AvgIpc) is 3.20. The maximum atomic E-state index is 12.8. The van der Waals surface area contributed by atoms with Crippen LogP contribution in [0.2, 0.25) is 0 Å². The summed E-state index contributed by atoms with van der Waals surface area (Å²) in [5, 5.41) is 1.81. The maximum absolute atomic E-state index is 12.8. The second-order valence-corrected chi connectivity index (χ2v) is 9.65. The van der Waals surface area contributed by atoms with Crippen molar-refractivity contribution >= 4 is 35.7 Å². The van der Waals surface area contributed by atoms with Crippen molar-refractivity contribution < 1.29 is 23.9 Å². The number of hydrogen-bond donors (Lipinski definition) is 2. The van der Waals surface area contributed by atoms with Crippen LogP contribution in [0.1, 0.15) is 38.3 Å². The van der Waals surface area contributed by atoms with Gasteiger partial charge >= 0.3 is 18.0 Å². The summed E-state index contributed by atoms with van der Waals surface area (Å²) in [7, 11) is 0. The van der Waals surface area contributed by atoms with Gasteiger partial charge in [-0.2, -0.15) is 0 Å². The Bertz CT molecular complexity index is 1100. The third-order valence-electron chi connectivity index (χ3n) is 5.63. The SMILES string of the molecule is Cc1ccc(C(=O)OC[C@H]2S[C@@H](N3CN=C(N)NC3=O)C[C@@H]2OC(=O)c2ccc(C)cc2)cc1. The molecule has 2 aromatic carbocycles. The molecule has 1 saturated heterocycles. The van der Waals surface area contributed by atoms with Crippen LogP contribution in [0.3, 0.4) is 0 Å². The number of nitrogens with one attached hydrogen (secondary N) is 1. The van der Waals surface area contributed by atoms with E-state index in [1.165, 1.54) is 16.7 Å². The molecule has 0 radical (unpaired) electrons. The summed E-state index contributed by atoms with van der Waals surface area (Å²) in [5.74, 6) is -0.859. The number of nitrogens with zero attached hydrogens (tertiary/aromatic N) is 2. The van der Waals surface area contributed by atoms with E-state index in [0.29, 0.717) is 17.5 Å². The highest BCUT2D eigenvalue weighted by atomic mass is 32.2. The zero-order valence-electron chi connectivity index (χ0n) is 18.9. The lowest BCUT2D eigenvalue weighted by atomic mass is 10.1. The van der Waals surface area contributed by atoms with Crippen LogP contribution in [0, 0.1) is 13.8 Å². The van der Waals surface area contributed by atoms with E-state index in [4.69, 9.17) is 15.2 Å². The number of ether oxygens (including phenoxy) is 2. The Morgan fingerprint density at radius 1 is 1.06 bits per heavy atom. The molecule has 1 fully saturated rings. The number of hydrogen-bond acceptors (Lipinski definition) is 8. The zero-order valence-corrected chi connectivity index (χ0v) is 19.7. The van der Waals surface area contributed by atoms with Gasteiger partial charge in [0.15, 0.2) is 5.96 Å². The number of amides is 2. The Morgan fingerprint density at radius 3 is 2.24 bits per heavy atom. The fourth-order valence-electron chi connectivity index (χ4n) is 3.65. The molecule has 3 N–H and O–H groups in total. The van der Waals surface area contributed by atoms with Crippen LogP contribution in [0.5, 0.6) is 0 Å². The predicted molar refractivity (Wildman–Crippen MR) is 128 cm³/mol. The highest BCUT2D eigenvalue weighted by molar-refractivity contribution is 8.00. The van der Waals surface area contributed by atoms with Gasteiger partial charge < -0.3 is 15.2 Å². The molecule has 178 valence electrons. The highest BCUT2D eigenvalue weighted by Crippen LogP contribution is 2.39. The molecule has 2 aliphatic heterocycles. The quantitative estimate of drug-likeness (QED) is 0.607. The van der Waals surface area contributed by atoms with Gasteiger partial charge in [-0.05, 0) is 38.1 Å². The molecule has 2 aromatic rings. The van der Waals surface area contributed by atoms with E-state index in [0.717, 1.165) is 11.1 Å². The Labute approximate surface area is 201 Å². The van der Waals surface area contributed by atoms with Crippen molar-refractivity contribution in [1.29, 1.82) is 0 Å². The minimum absolute atomic E-state index is 0.0284. The van der Waals surface area contributed by atoms with Gasteiger partial charge in [0.1, 0.15) is 19.4 Å². The Balaban J connectivity index is 1.46. The summed E-state index contributed by atoms with van der Waals surface area (Å²) in [4.78, 5) is 43.3. The molecule has 9 nitrogen and oxygen atoms in total. The number of esters is 2. The molecule has 4 rings (SSSR count). The number of aryl methyl sites for hydroxylation is 2. The normalized spacial score (nSPS) is 22.1. The molecular weight excluding hydrogens is 456 g/mol. The molecular formula is C24H26N4O5S. The van der Waals surface area contributed by atoms with Gasteiger partial charge in [0.25, 0.3) is 0 Å². The third-order valence-corrected chi connectivity index (χ3v) is 7.18. The second kappa shape index (κ2) is 10.2. The summed E-state index contributed by atoms with van der Waals surface area (Å²) in [5.41, 5.74) is 8.53. The smallest absolute Gasteiger partial charge is 0.338 e. The van der Waals surface area contributed by atoms with E-state index < -0.39 is 18.0 Å². The minimum atomic E-state index is -0.564. The number of benzene rings is 2. The highest BCUT2D eigenvalue weighted by Gasteiger charge is 2.43. The van der Waals surface area contributed by atoms with Crippen molar-refractivity contribution in [2.24, 2.45) is 10.7 Å². The fourth-order valence-corrected chi connectivity index (χ4v) is 5.15. The number of nitrogens with two attached hydrogens (primary N) is 1. The van der Waals surface area contributed by atoms with E-state index in [2.05, 4.69) is 10.3 Å². The molecule has 10 heteroatoms. The van der Waals surface area contributed by atoms with Crippen molar-refractivity contribution in [3.05, 3.63) is 70.8 Å². The largest absolute Gasteiger partial charge is 0.461 e.